The predicted molar refractivity (Wildman–Crippen MR) is 116 cm³/mol. The molecule has 0 amide bonds. The highest BCUT2D eigenvalue weighted by Crippen LogP contribution is 2.32. The summed E-state index contributed by atoms with van der Waals surface area (Å²) in [6, 6.07) is 22.8. The summed E-state index contributed by atoms with van der Waals surface area (Å²) in [6.07, 6.45) is 0. The van der Waals surface area contributed by atoms with Gasteiger partial charge in [0.2, 0.25) is 10.0 Å². The molecule has 0 bridgehead atoms. The molecule has 5 nitrogen and oxygen atoms in total. The summed E-state index contributed by atoms with van der Waals surface area (Å²) < 4.78 is 25.9. The van der Waals surface area contributed by atoms with Gasteiger partial charge in [0.05, 0.1) is 17.1 Å². The first kappa shape index (κ1) is 19.7. The fraction of sp³-hybridized carbons (Fsp3) is 0. The molecule has 3 aromatic carbocycles. The maximum absolute atomic E-state index is 12.1. The van der Waals surface area contributed by atoms with Crippen LogP contribution in [0.5, 0.6) is 0 Å². The van der Waals surface area contributed by atoms with Gasteiger partial charge in [-0.05, 0) is 42.5 Å². The summed E-state index contributed by atoms with van der Waals surface area (Å²) in [5.41, 5.74) is 3.30. The molecule has 0 aliphatic heterocycles. The number of hydrogen-bond acceptors (Lipinski definition) is 3. The Morgan fingerprint density at radius 1 is 0.793 bits per heavy atom. The molecular weight excluding hydrogens is 429 g/mol. The summed E-state index contributed by atoms with van der Waals surface area (Å²) in [6.45, 7) is 0. The van der Waals surface area contributed by atoms with Crippen molar-refractivity contribution in [1.29, 1.82) is 0 Å². The number of primary sulfonamides is 1. The van der Waals surface area contributed by atoms with Crippen LogP contribution in [-0.4, -0.2) is 18.2 Å². The van der Waals surface area contributed by atoms with Gasteiger partial charge >= 0.3 is 0 Å². The van der Waals surface area contributed by atoms with E-state index in [2.05, 4.69) is 5.10 Å². The summed E-state index contributed by atoms with van der Waals surface area (Å²) >= 11 is 12.2. The van der Waals surface area contributed by atoms with Crippen LogP contribution in [0.1, 0.15) is 0 Å². The average Bonchev–Trinajstić information content (AvgIpc) is 3.13. The SMILES string of the molecule is NS(=O)(=O)c1ccccc1-n1nc(-c2ccc(Cl)cc2)cc1-c1cccc(Cl)c1. The van der Waals surface area contributed by atoms with Gasteiger partial charge in [0.15, 0.2) is 0 Å². The Morgan fingerprint density at radius 2 is 1.52 bits per heavy atom. The van der Waals surface area contributed by atoms with E-state index in [-0.39, 0.29) is 4.90 Å². The summed E-state index contributed by atoms with van der Waals surface area (Å²) in [5.74, 6) is 0. The third-order valence-electron chi connectivity index (χ3n) is 4.37. The molecular formula is C21H15Cl2N3O2S. The van der Waals surface area contributed by atoms with Crippen molar-refractivity contribution in [3.8, 4) is 28.2 Å². The zero-order valence-corrected chi connectivity index (χ0v) is 17.3. The first-order chi connectivity index (χ1) is 13.8. The van der Waals surface area contributed by atoms with E-state index < -0.39 is 10.0 Å². The molecule has 4 aromatic rings. The first-order valence-corrected chi connectivity index (χ1v) is 10.9. The second kappa shape index (κ2) is 7.65. The van der Waals surface area contributed by atoms with Gasteiger partial charge in [-0.15, -0.1) is 0 Å². The van der Waals surface area contributed by atoms with Crippen LogP contribution in [0, 0.1) is 0 Å². The van der Waals surface area contributed by atoms with Gasteiger partial charge in [-0.1, -0.05) is 59.6 Å². The van der Waals surface area contributed by atoms with Gasteiger partial charge in [0.25, 0.3) is 0 Å². The van der Waals surface area contributed by atoms with Gasteiger partial charge < -0.3 is 0 Å². The molecule has 1 aromatic heterocycles. The smallest absolute Gasteiger partial charge is 0.231 e. The number of aromatic nitrogens is 2. The van der Waals surface area contributed by atoms with Crippen molar-refractivity contribution in [1.82, 2.24) is 9.78 Å². The van der Waals surface area contributed by atoms with Crippen molar-refractivity contribution in [2.75, 3.05) is 0 Å². The number of rotatable bonds is 4. The maximum Gasteiger partial charge on any atom is 0.240 e. The van der Waals surface area contributed by atoms with E-state index in [0.29, 0.717) is 27.1 Å². The third kappa shape index (κ3) is 4.06. The minimum atomic E-state index is -3.95. The van der Waals surface area contributed by atoms with Crippen LogP contribution in [0.4, 0.5) is 0 Å². The van der Waals surface area contributed by atoms with Gasteiger partial charge in [0.1, 0.15) is 4.90 Å². The maximum atomic E-state index is 12.1. The molecule has 0 aliphatic rings. The molecule has 4 rings (SSSR count). The number of halogens is 2. The third-order valence-corrected chi connectivity index (χ3v) is 5.82. The number of nitrogens with zero attached hydrogens (tertiary/aromatic N) is 2. The molecule has 0 atom stereocenters. The fourth-order valence-electron chi connectivity index (χ4n) is 3.05. The summed E-state index contributed by atoms with van der Waals surface area (Å²) in [7, 11) is -3.95. The van der Waals surface area contributed by atoms with Gasteiger partial charge in [0, 0.05) is 21.2 Å². The zero-order chi connectivity index (χ0) is 20.6. The standard InChI is InChI=1S/C21H15Cl2N3O2S/c22-16-10-8-14(9-11-16)18-13-20(15-4-3-5-17(23)12-15)26(25-18)19-6-1-2-7-21(19)29(24,27)28/h1-13H,(H2,24,27,28). The van der Waals surface area contributed by atoms with Crippen molar-refractivity contribution in [2.24, 2.45) is 5.14 Å². The van der Waals surface area contributed by atoms with Crippen LogP contribution in [-0.2, 0) is 10.0 Å². The topological polar surface area (TPSA) is 78.0 Å². The van der Waals surface area contributed by atoms with Crippen molar-refractivity contribution in [2.45, 2.75) is 4.90 Å². The van der Waals surface area contributed by atoms with E-state index in [0.717, 1.165) is 11.1 Å². The molecule has 0 saturated heterocycles. The van der Waals surface area contributed by atoms with E-state index in [1.165, 1.54) is 6.07 Å². The Balaban J connectivity index is 1.99. The van der Waals surface area contributed by atoms with E-state index >= 15 is 0 Å². The number of benzene rings is 3. The van der Waals surface area contributed by atoms with Gasteiger partial charge in [-0.2, -0.15) is 5.10 Å². The highest BCUT2D eigenvalue weighted by Gasteiger charge is 2.20. The monoisotopic (exact) mass is 443 g/mol. The van der Waals surface area contributed by atoms with Crippen LogP contribution in [0.2, 0.25) is 10.0 Å². The average molecular weight is 444 g/mol. The minimum absolute atomic E-state index is 0.0194. The lowest BCUT2D eigenvalue weighted by molar-refractivity contribution is 0.596. The van der Waals surface area contributed by atoms with Crippen molar-refractivity contribution < 1.29 is 8.42 Å². The Morgan fingerprint density at radius 3 is 2.21 bits per heavy atom. The number of hydrogen-bond donors (Lipinski definition) is 1. The molecule has 1 heterocycles. The minimum Gasteiger partial charge on any atom is -0.231 e. The second-order valence-electron chi connectivity index (χ2n) is 6.36. The Kier molecular flexibility index (Phi) is 5.19. The summed E-state index contributed by atoms with van der Waals surface area (Å²) in [5, 5.41) is 11.3. The lowest BCUT2D eigenvalue weighted by Gasteiger charge is -2.11. The lowest BCUT2D eigenvalue weighted by atomic mass is 10.1. The molecule has 0 aliphatic carbocycles. The molecule has 0 saturated carbocycles. The fourth-order valence-corrected chi connectivity index (χ4v) is 4.08. The van der Waals surface area contributed by atoms with Crippen LogP contribution >= 0.6 is 23.2 Å². The lowest BCUT2D eigenvalue weighted by Crippen LogP contribution is -2.16. The predicted octanol–water partition coefficient (Wildman–Crippen LogP) is 5.16. The second-order valence-corrected chi connectivity index (χ2v) is 8.76. The molecule has 0 fully saturated rings. The molecule has 0 unspecified atom stereocenters. The van der Waals surface area contributed by atoms with Crippen molar-refractivity contribution in [3.05, 3.63) is 88.9 Å². The van der Waals surface area contributed by atoms with Crippen LogP contribution in [0.15, 0.2) is 83.8 Å². The Hall–Kier alpha value is -2.64. The van der Waals surface area contributed by atoms with Crippen LogP contribution in [0.25, 0.3) is 28.2 Å². The van der Waals surface area contributed by atoms with E-state index in [4.69, 9.17) is 28.3 Å². The number of sulfonamides is 1. The van der Waals surface area contributed by atoms with Gasteiger partial charge in [-0.3, -0.25) is 0 Å². The largest absolute Gasteiger partial charge is 0.240 e. The highest BCUT2D eigenvalue weighted by molar-refractivity contribution is 7.89. The van der Waals surface area contributed by atoms with E-state index in [1.807, 2.05) is 30.3 Å². The van der Waals surface area contributed by atoms with Crippen LogP contribution in [0.3, 0.4) is 0 Å². The van der Waals surface area contributed by atoms with E-state index in [1.54, 1.807) is 47.1 Å². The Labute approximate surface area is 178 Å². The van der Waals surface area contributed by atoms with E-state index in [9.17, 15) is 8.42 Å². The number of nitrogens with two attached hydrogens (primary N) is 1. The molecule has 0 radical (unpaired) electrons. The molecule has 8 heteroatoms. The molecule has 146 valence electrons. The van der Waals surface area contributed by atoms with Crippen LogP contribution < -0.4 is 5.14 Å². The Bertz CT molecular complexity index is 1300. The van der Waals surface area contributed by atoms with Crippen molar-refractivity contribution in [3.63, 3.8) is 0 Å². The van der Waals surface area contributed by atoms with Crippen molar-refractivity contribution >= 4 is 33.2 Å². The zero-order valence-electron chi connectivity index (χ0n) is 15.0. The first-order valence-electron chi connectivity index (χ1n) is 8.57. The molecule has 0 spiro atoms. The van der Waals surface area contributed by atoms with Gasteiger partial charge in [-0.25, -0.2) is 18.2 Å². The molecule has 29 heavy (non-hydrogen) atoms. The normalized spacial score (nSPS) is 11.6. The summed E-state index contributed by atoms with van der Waals surface area (Å²) in [4.78, 5) is -0.0194. The molecule has 2 N–H and O–H groups in total. The quantitative estimate of drug-likeness (QED) is 0.472. The highest BCUT2D eigenvalue weighted by atomic mass is 35.5. The number of para-hydroxylation sites is 1.